The second-order valence-corrected chi connectivity index (χ2v) is 25.2. The lowest BCUT2D eigenvalue weighted by atomic mass is 9.93. The second kappa shape index (κ2) is 55.8. The molecule has 0 unspecified atom stereocenters. The van der Waals surface area contributed by atoms with Gasteiger partial charge in [-0.15, -0.1) is 0 Å². The number of carbonyl (C=O) groups is 11. The molecule has 30 heteroatoms. The first kappa shape index (κ1) is 80.0. The Morgan fingerprint density at radius 2 is 0.844 bits per heavy atom. The molecule has 0 fully saturated rings. The van der Waals surface area contributed by atoms with Gasteiger partial charge in [0, 0.05) is 57.9 Å². The van der Waals surface area contributed by atoms with Crippen molar-refractivity contribution in [2.75, 3.05) is 29.2 Å². The molecule has 5 atom stereocenters. The Morgan fingerprint density at radius 3 is 1.21 bits per heavy atom. The normalized spacial score (nSPS) is 12.5. The van der Waals surface area contributed by atoms with Crippen molar-refractivity contribution in [2.24, 2.45) is 23.5 Å². The zero-order chi connectivity index (χ0) is 58.1. The highest BCUT2D eigenvalue weighted by atomic mass is 33.2. The third kappa shape index (κ3) is 52.9. The Balaban J connectivity index is -0.00000113. The van der Waals surface area contributed by atoms with Crippen molar-refractivity contribution >= 4 is 130 Å². The van der Waals surface area contributed by atoms with Gasteiger partial charge in [0.1, 0.15) is 31.1 Å². The number of hydrogen-bond donors (Lipinski definition) is 12. The van der Waals surface area contributed by atoms with Crippen LogP contribution in [0.5, 0.6) is 0 Å². The summed E-state index contributed by atoms with van der Waals surface area (Å²) in [6, 6.07) is -4.02. The van der Waals surface area contributed by atoms with Gasteiger partial charge >= 0.3 is 35.8 Å². The van der Waals surface area contributed by atoms with Crippen LogP contribution in [0.3, 0.4) is 0 Å². The molecule has 0 aromatic rings. The highest BCUT2D eigenvalue weighted by Crippen LogP contribution is 2.35. The summed E-state index contributed by atoms with van der Waals surface area (Å²) in [6.45, 7) is 0.181. The van der Waals surface area contributed by atoms with E-state index in [2.05, 4.69) is 34.4 Å². The van der Waals surface area contributed by atoms with Crippen LogP contribution in [-0.2, 0) is 52.7 Å². The third-order valence-electron chi connectivity index (χ3n) is 10.9. The van der Waals surface area contributed by atoms with E-state index < -0.39 is 127 Å². The van der Waals surface area contributed by atoms with Crippen LogP contribution in [0.15, 0.2) is 0 Å². The molecule has 77 heavy (non-hydrogen) atoms. The molecular weight excluding hydrogens is 1130 g/mol. The van der Waals surface area contributed by atoms with E-state index in [1.165, 1.54) is 10.2 Å². The van der Waals surface area contributed by atoms with Gasteiger partial charge in [0.2, 0.25) is 17.7 Å². The Bertz CT molecular complexity index is 1720. The summed E-state index contributed by atoms with van der Waals surface area (Å²) >= 11 is 0. The zero-order valence-corrected chi connectivity index (χ0v) is 48.1. The maximum atomic E-state index is 12.7. The number of rotatable bonds is 49. The van der Waals surface area contributed by atoms with Crippen LogP contribution in [0.25, 0.3) is 0 Å². The van der Waals surface area contributed by atoms with Crippen LogP contribution in [0.4, 0.5) is 4.70 Å². The van der Waals surface area contributed by atoms with Crippen LogP contribution >= 0.6 is 64.8 Å². The number of nitrogens with two attached hydrogens (primary N) is 2. The smallest absolute Gasteiger partial charge is 0.326 e. The molecule has 23 nitrogen and oxygen atoms in total. The molecule has 0 rings (SSSR count). The number of unbranched alkanes of at least 4 members (excludes halogenated alkanes) is 10. The molecule has 0 aliphatic heterocycles. The summed E-state index contributed by atoms with van der Waals surface area (Å²) in [7, 11) is 11.4. The summed E-state index contributed by atoms with van der Waals surface area (Å²) in [5.74, 6) is -9.92. The summed E-state index contributed by atoms with van der Waals surface area (Å²) < 4.78 is 6.98. The van der Waals surface area contributed by atoms with E-state index in [-0.39, 0.29) is 70.0 Å². The van der Waals surface area contributed by atoms with Crippen LogP contribution in [0, 0.1) is 11.8 Å². The lowest BCUT2D eigenvalue weighted by molar-refractivity contribution is -0.145. The van der Waals surface area contributed by atoms with Crippen LogP contribution in [0.1, 0.15) is 168 Å². The van der Waals surface area contributed by atoms with E-state index in [1.807, 2.05) is 70.5 Å². The van der Waals surface area contributed by atoms with Crippen molar-refractivity contribution in [1.82, 2.24) is 16.0 Å². The fraction of sp³-hybridized carbons (Fsp3) is 0.766. The van der Waals surface area contributed by atoms with E-state index in [4.69, 9.17) is 16.8 Å². The van der Waals surface area contributed by atoms with E-state index in [9.17, 15) is 73.2 Å². The monoisotopic (exact) mass is 1220 g/mol. The zero-order valence-electron chi connectivity index (χ0n) is 44.2. The Morgan fingerprint density at radius 1 is 0.455 bits per heavy atom. The Hall–Kier alpha value is -3.52. The number of carbonyl (C=O) groups excluding carboxylic acids is 5. The van der Waals surface area contributed by atoms with Crippen LogP contribution in [-0.4, -0.2) is 148 Å². The molecule has 3 amide bonds. The standard InChI is InChI=1S/C42H68N4O17.C4H10S6.CH4.FH.H3NO/c43-31(40(58)59)13-11-12-24-44-34(49)22-16-27(38(54)55)25-29(47)19-21-33(42(62)63)46-36(51)23-17-28(39(56)57)26-30(48)18-20-32(41(60)61)45-35(50)14-9-7-5-3-1-2-4-6-8-10-15-37(52)53;1-5-7-3-9-10-4-8-6-2;;;1-2/h27-28,31-33H,1-26,43H2,(H,44,49)(H,45,50)(H,46,51)(H,52,53)(H,54,55)(H,56,57)(H,58,59)(H,60,61)(H,62,63);3-4H2,1-2H3;1H4;1H;2H,1H2/t27-,28-,31+,32+,33+;;;;/m1..../s1/i/hD. The minimum atomic E-state index is -1.59. The molecule has 0 radical (unpaired) electrons. The molecule has 0 aliphatic carbocycles. The summed E-state index contributed by atoms with van der Waals surface area (Å²) in [6.07, 6.45) is 10.4. The summed E-state index contributed by atoms with van der Waals surface area (Å²) in [4.78, 5) is 131. The fourth-order valence-corrected chi connectivity index (χ4v) is 14.2. The first-order valence-corrected chi connectivity index (χ1v) is 32.4. The van der Waals surface area contributed by atoms with Gasteiger partial charge < -0.3 is 57.5 Å². The number of carboxylic acid groups (broad SMARTS) is 6. The molecule has 0 saturated heterocycles. The number of nitrogens with one attached hydrogen (secondary N) is 3. The number of carboxylic acids is 6. The molecule has 0 bridgehead atoms. The highest BCUT2D eigenvalue weighted by molar-refractivity contribution is 8.88. The molecule has 0 saturated carbocycles. The molecule has 0 spiro atoms. The van der Waals surface area contributed by atoms with E-state index in [1.54, 1.807) is 0 Å². The number of amides is 3. The van der Waals surface area contributed by atoms with E-state index in [0.717, 1.165) is 51.4 Å². The number of Topliss-reactive ketones (excluding diaryl/α,β-unsaturated/α-hetero) is 2. The molecule has 450 valence electrons. The first-order chi connectivity index (χ1) is 36.2. The van der Waals surface area contributed by atoms with E-state index >= 15 is 0 Å². The van der Waals surface area contributed by atoms with Crippen molar-refractivity contribution in [3.63, 3.8) is 0 Å². The minimum Gasteiger partial charge on any atom is -0.481 e. The predicted octanol–water partition coefficient (Wildman–Crippen LogP) is 7.46. The van der Waals surface area contributed by atoms with Crippen LogP contribution < -0.4 is 27.6 Å². The first-order valence-electron chi connectivity index (χ1n) is 24.9. The van der Waals surface area contributed by atoms with Gasteiger partial charge in [-0.3, -0.25) is 47.9 Å². The minimum absolute atomic E-state index is 0. The quantitative estimate of drug-likeness (QED) is 0.0122. The van der Waals surface area contributed by atoms with Crippen molar-refractivity contribution < 1.29 is 94.7 Å². The summed E-state index contributed by atoms with van der Waals surface area (Å²) in [5.41, 5.74) is 1.91. The SMILES string of the molecule is C.CSSCSSCSSC.F.NO.[2H]N[C@@H](CCCCNC(=O)CC[C@H](CC(=O)CC[C@H](NC(=O)CC[C@H](CC(=O)CC[C@H](NC(=O)CCCCCCCCCCCCC(=O)O)C(=O)O)C(=O)O)C(=O)O)C(=O)O)C(=O)O. The number of halogens is 1. The number of hydrogen-bond acceptors (Lipinski definition) is 20. The van der Waals surface area contributed by atoms with Crippen molar-refractivity contribution in [1.29, 1.82) is 0 Å². The second-order valence-electron chi connectivity index (χ2n) is 16.8. The highest BCUT2D eigenvalue weighted by Gasteiger charge is 2.28. The molecular formula is C47H86FN5O18S6. The van der Waals surface area contributed by atoms with Gasteiger partial charge in [-0.25, -0.2) is 15.5 Å². The van der Waals surface area contributed by atoms with Gasteiger partial charge in [-0.05, 0) is 70.3 Å². The number of aliphatic carboxylic acids is 6. The number of ketones is 2. The molecule has 0 aromatic carbocycles. The van der Waals surface area contributed by atoms with E-state index in [0.29, 0.717) is 25.7 Å². The molecule has 0 aliphatic rings. The summed E-state index contributed by atoms with van der Waals surface area (Å²) in [5, 5.41) is 72.0. The third-order valence-corrected chi connectivity index (χ3v) is 18.4. The topological polar surface area (TPSA) is 418 Å². The lowest BCUT2D eigenvalue weighted by Gasteiger charge is -2.17. The van der Waals surface area contributed by atoms with Gasteiger partial charge in [0.15, 0.2) is 0 Å². The average molecular weight is 1220 g/mol. The average Bonchev–Trinajstić information content (AvgIpc) is 3.36. The van der Waals surface area contributed by atoms with Gasteiger partial charge in [0.05, 0.1) is 22.0 Å². The molecule has 0 aromatic heterocycles. The van der Waals surface area contributed by atoms with Gasteiger partial charge in [-0.2, -0.15) is 0 Å². The van der Waals surface area contributed by atoms with Gasteiger partial charge in [-0.1, -0.05) is 124 Å². The predicted molar refractivity (Wildman–Crippen MR) is 305 cm³/mol. The lowest BCUT2D eigenvalue weighted by Crippen LogP contribution is -2.41. The maximum absolute atomic E-state index is 12.7. The molecule has 0 heterocycles. The maximum Gasteiger partial charge on any atom is 0.326 e. The largest absolute Gasteiger partial charge is 0.481 e. The van der Waals surface area contributed by atoms with Crippen molar-refractivity contribution in [2.45, 2.75) is 186 Å². The van der Waals surface area contributed by atoms with Crippen molar-refractivity contribution in [3.05, 3.63) is 0 Å². The Labute approximate surface area is 476 Å². The van der Waals surface area contributed by atoms with Crippen molar-refractivity contribution in [3.8, 4) is 0 Å². The fourth-order valence-electron chi connectivity index (χ4n) is 6.74. The van der Waals surface area contributed by atoms with Gasteiger partial charge in [0.25, 0.3) is 0 Å². The van der Waals surface area contributed by atoms with Crippen LogP contribution in [0.2, 0.25) is 1.41 Å². The molecule has 14 N–H and O–H groups in total. The Kier molecular flexibility index (Phi) is 57.9.